The molecule has 2 nitrogen and oxygen atoms in total. The lowest BCUT2D eigenvalue weighted by Gasteiger charge is -2.26. The summed E-state index contributed by atoms with van der Waals surface area (Å²) >= 11 is 0. The number of likely N-dealkylation sites (tertiary alicyclic amines) is 2. The molecule has 2 aliphatic rings. The van der Waals surface area contributed by atoms with Gasteiger partial charge in [-0.15, -0.1) is 0 Å². The topological polar surface area (TPSA) is 6.48 Å². The molecule has 2 saturated heterocycles. The zero-order valence-electron chi connectivity index (χ0n) is 12.4. The Morgan fingerprint density at radius 1 is 0.647 bits per heavy atom. The van der Waals surface area contributed by atoms with Crippen LogP contribution in [0.1, 0.15) is 46.0 Å². The monoisotopic (exact) mass is 240 g/mol. The number of hydrogen-bond acceptors (Lipinski definition) is 2. The molecule has 0 N–H and O–H groups in total. The van der Waals surface area contributed by atoms with Crippen molar-refractivity contribution in [3.63, 3.8) is 0 Å². The minimum atomic E-state index is 0.968. The summed E-state index contributed by atoms with van der Waals surface area (Å²) in [6.07, 6.45) is 7.03. The Morgan fingerprint density at radius 2 is 1.06 bits per heavy atom. The van der Waals surface area contributed by atoms with Crippen LogP contribution in [-0.4, -0.2) is 50.1 Å². The lowest BCUT2D eigenvalue weighted by molar-refractivity contribution is 0.230. The number of piperidine rings is 1. The molecule has 1 unspecified atom stereocenters. The van der Waals surface area contributed by atoms with Crippen LogP contribution < -0.4 is 0 Å². The van der Waals surface area contributed by atoms with Gasteiger partial charge in [0.05, 0.1) is 0 Å². The molecular formula is C15H32N2. The van der Waals surface area contributed by atoms with E-state index in [-0.39, 0.29) is 0 Å². The summed E-state index contributed by atoms with van der Waals surface area (Å²) in [4.78, 5) is 4.84. The van der Waals surface area contributed by atoms with Gasteiger partial charge in [0.15, 0.2) is 0 Å². The number of hydrogen-bond donors (Lipinski definition) is 0. The third-order valence-electron chi connectivity index (χ3n) is 4.25. The number of nitrogens with zero attached hydrogens (tertiary/aromatic N) is 2. The molecule has 0 bridgehead atoms. The lowest BCUT2D eigenvalue weighted by Crippen LogP contribution is -2.28. The molecule has 0 aromatic rings. The summed E-state index contributed by atoms with van der Waals surface area (Å²) in [5.41, 5.74) is 0. The van der Waals surface area contributed by atoms with Crippen LogP contribution in [0.15, 0.2) is 0 Å². The van der Waals surface area contributed by atoms with E-state index in [1.165, 1.54) is 58.3 Å². The summed E-state index contributed by atoms with van der Waals surface area (Å²) in [6.45, 7) is 9.93. The van der Waals surface area contributed by atoms with Gasteiger partial charge in [0, 0.05) is 0 Å². The average Bonchev–Trinajstić information content (AvgIpc) is 2.49. The van der Waals surface area contributed by atoms with Crippen LogP contribution in [0.5, 0.6) is 0 Å². The van der Waals surface area contributed by atoms with Crippen molar-refractivity contribution >= 4 is 0 Å². The second-order valence-electron chi connectivity index (χ2n) is 6.33. The normalized spacial score (nSPS) is 29.3. The van der Waals surface area contributed by atoms with Crippen molar-refractivity contribution in [3.05, 3.63) is 0 Å². The third-order valence-corrected chi connectivity index (χ3v) is 4.25. The van der Waals surface area contributed by atoms with Crippen molar-refractivity contribution in [1.29, 1.82) is 0 Å². The molecule has 0 spiro atoms. The Kier molecular flexibility index (Phi) is 7.14. The average molecular weight is 240 g/mol. The van der Waals surface area contributed by atoms with Gasteiger partial charge in [0.1, 0.15) is 0 Å². The maximum Gasteiger partial charge on any atom is -0.00192 e. The minimum absolute atomic E-state index is 0.968. The SMILES string of the molecule is CC1CCCN(C)CC1.CC1CCN(C)CC1. The highest BCUT2D eigenvalue weighted by atomic mass is 15.1. The van der Waals surface area contributed by atoms with E-state index < -0.39 is 0 Å². The second kappa shape index (κ2) is 8.10. The predicted molar refractivity (Wildman–Crippen MR) is 76.4 cm³/mol. The first-order chi connectivity index (χ1) is 8.08. The standard InChI is InChI=1S/C8H17N.C7H15N/c1-8-4-3-6-9(2)7-5-8;1-7-3-5-8(2)6-4-7/h8H,3-7H2,1-2H3;7H,3-6H2,1-2H3. The Morgan fingerprint density at radius 3 is 1.59 bits per heavy atom. The van der Waals surface area contributed by atoms with Gasteiger partial charge in [-0.1, -0.05) is 13.8 Å². The molecule has 0 aromatic heterocycles. The molecule has 2 fully saturated rings. The molecule has 17 heavy (non-hydrogen) atoms. The van der Waals surface area contributed by atoms with E-state index in [2.05, 4.69) is 37.7 Å². The fourth-order valence-electron chi connectivity index (χ4n) is 2.54. The summed E-state index contributed by atoms with van der Waals surface area (Å²) in [6, 6.07) is 0. The minimum Gasteiger partial charge on any atom is -0.306 e. The molecule has 0 radical (unpaired) electrons. The van der Waals surface area contributed by atoms with Gasteiger partial charge in [0.25, 0.3) is 0 Å². The Balaban J connectivity index is 0.000000171. The molecule has 102 valence electrons. The molecule has 2 rings (SSSR count). The third kappa shape index (κ3) is 7.05. The first-order valence-corrected chi connectivity index (χ1v) is 7.45. The van der Waals surface area contributed by atoms with Crippen LogP contribution in [-0.2, 0) is 0 Å². The summed E-state index contributed by atoms with van der Waals surface area (Å²) in [5.74, 6) is 1.95. The van der Waals surface area contributed by atoms with E-state index in [1.807, 2.05) is 0 Å². The van der Waals surface area contributed by atoms with Crippen LogP contribution >= 0.6 is 0 Å². The maximum atomic E-state index is 2.43. The van der Waals surface area contributed by atoms with Crippen LogP contribution in [0, 0.1) is 11.8 Å². The Hall–Kier alpha value is -0.0800. The molecule has 0 saturated carbocycles. The smallest absolute Gasteiger partial charge is 0.00192 e. The van der Waals surface area contributed by atoms with Crippen molar-refractivity contribution in [2.24, 2.45) is 11.8 Å². The Labute approximate surface area is 108 Å². The fourth-order valence-corrected chi connectivity index (χ4v) is 2.54. The zero-order valence-corrected chi connectivity index (χ0v) is 12.4. The zero-order chi connectivity index (χ0) is 12.7. The van der Waals surface area contributed by atoms with Gasteiger partial charge in [0.2, 0.25) is 0 Å². The molecule has 0 aromatic carbocycles. The van der Waals surface area contributed by atoms with Crippen molar-refractivity contribution in [2.75, 3.05) is 40.3 Å². The quantitative estimate of drug-likeness (QED) is 0.642. The van der Waals surface area contributed by atoms with Crippen LogP contribution in [0.3, 0.4) is 0 Å². The first-order valence-electron chi connectivity index (χ1n) is 7.45. The van der Waals surface area contributed by atoms with E-state index in [4.69, 9.17) is 0 Å². The maximum absolute atomic E-state index is 2.43. The summed E-state index contributed by atoms with van der Waals surface area (Å²) < 4.78 is 0. The molecule has 0 amide bonds. The highest BCUT2D eigenvalue weighted by Gasteiger charge is 2.10. The van der Waals surface area contributed by atoms with Gasteiger partial charge in [-0.2, -0.15) is 0 Å². The summed E-state index contributed by atoms with van der Waals surface area (Å²) in [7, 11) is 4.42. The van der Waals surface area contributed by atoms with E-state index in [1.54, 1.807) is 0 Å². The van der Waals surface area contributed by atoms with Gasteiger partial charge >= 0.3 is 0 Å². The number of rotatable bonds is 0. The highest BCUT2D eigenvalue weighted by Crippen LogP contribution is 2.14. The van der Waals surface area contributed by atoms with Crippen molar-refractivity contribution in [1.82, 2.24) is 9.80 Å². The molecule has 2 heteroatoms. The molecule has 2 aliphatic heterocycles. The fraction of sp³-hybridized carbons (Fsp3) is 1.00. The van der Waals surface area contributed by atoms with E-state index in [0.29, 0.717) is 0 Å². The molecule has 1 atom stereocenters. The van der Waals surface area contributed by atoms with Crippen LogP contribution in [0.25, 0.3) is 0 Å². The second-order valence-corrected chi connectivity index (χ2v) is 6.33. The largest absolute Gasteiger partial charge is 0.306 e. The van der Waals surface area contributed by atoms with Crippen molar-refractivity contribution < 1.29 is 0 Å². The van der Waals surface area contributed by atoms with Gasteiger partial charge < -0.3 is 9.80 Å². The van der Waals surface area contributed by atoms with Crippen molar-refractivity contribution in [3.8, 4) is 0 Å². The van der Waals surface area contributed by atoms with Gasteiger partial charge in [-0.25, -0.2) is 0 Å². The van der Waals surface area contributed by atoms with Crippen LogP contribution in [0.4, 0.5) is 0 Å². The highest BCUT2D eigenvalue weighted by molar-refractivity contribution is 4.65. The van der Waals surface area contributed by atoms with Gasteiger partial charge in [-0.05, 0) is 84.2 Å². The van der Waals surface area contributed by atoms with Gasteiger partial charge in [-0.3, -0.25) is 0 Å². The molecule has 2 heterocycles. The predicted octanol–water partition coefficient (Wildman–Crippen LogP) is 3.09. The first kappa shape index (κ1) is 15.0. The van der Waals surface area contributed by atoms with E-state index in [9.17, 15) is 0 Å². The molecule has 0 aliphatic carbocycles. The van der Waals surface area contributed by atoms with Crippen molar-refractivity contribution in [2.45, 2.75) is 46.0 Å². The Bertz CT molecular complexity index is 165. The lowest BCUT2D eigenvalue weighted by atomic mass is 10.00. The molecular weight excluding hydrogens is 208 g/mol. The summed E-state index contributed by atoms with van der Waals surface area (Å²) in [5, 5.41) is 0. The van der Waals surface area contributed by atoms with E-state index >= 15 is 0 Å². The van der Waals surface area contributed by atoms with E-state index in [0.717, 1.165) is 11.8 Å². The van der Waals surface area contributed by atoms with Crippen LogP contribution in [0.2, 0.25) is 0 Å².